The van der Waals surface area contributed by atoms with Crippen LogP contribution in [0.1, 0.15) is 48.5 Å². The predicted octanol–water partition coefficient (Wildman–Crippen LogP) is 4.70. The van der Waals surface area contributed by atoms with Gasteiger partial charge in [0.15, 0.2) is 5.78 Å². The number of ether oxygens (including phenoxy) is 1. The van der Waals surface area contributed by atoms with Gasteiger partial charge in [-0.3, -0.25) is 28.9 Å². The standard InChI is InChI=1S/C37H34N2O7/c1-21(41)22-8-12-25(13-9-22)38-33(42)28-17-16-27-29(31(28)35(38)44)20-30-34(43)39(24-6-4-3-5-7-24)36(45)37(30,2)32(27)23-10-14-26(15-11-23)46-19-18-40/h3-16,28-32,40H,17-20H2,1-2H3. The molecule has 1 saturated carbocycles. The monoisotopic (exact) mass is 618 g/mol. The third-order valence-electron chi connectivity index (χ3n) is 10.4. The molecule has 9 nitrogen and oxygen atoms in total. The number of rotatable bonds is 7. The molecule has 3 fully saturated rings. The molecular weight excluding hydrogens is 584 g/mol. The Hall–Kier alpha value is -4.89. The first kappa shape index (κ1) is 29.8. The van der Waals surface area contributed by atoms with Crippen LogP contribution in [-0.4, -0.2) is 47.7 Å². The van der Waals surface area contributed by atoms with Gasteiger partial charge in [-0.1, -0.05) is 42.0 Å². The zero-order valence-electron chi connectivity index (χ0n) is 25.6. The molecule has 46 heavy (non-hydrogen) atoms. The number of aliphatic hydroxyl groups excluding tert-OH is 1. The smallest absolute Gasteiger partial charge is 0.241 e. The third-order valence-corrected chi connectivity index (χ3v) is 10.4. The van der Waals surface area contributed by atoms with E-state index in [0.717, 1.165) is 11.1 Å². The minimum absolute atomic E-state index is 0.113. The van der Waals surface area contributed by atoms with E-state index in [4.69, 9.17) is 4.74 Å². The molecule has 3 aromatic carbocycles. The molecule has 0 bridgehead atoms. The van der Waals surface area contributed by atoms with Crippen LogP contribution in [0.2, 0.25) is 0 Å². The van der Waals surface area contributed by atoms with Gasteiger partial charge in [0.25, 0.3) is 0 Å². The Balaban J connectivity index is 1.31. The van der Waals surface area contributed by atoms with E-state index in [1.807, 2.05) is 31.2 Å². The fourth-order valence-corrected chi connectivity index (χ4v) is 8.24. The summed E-state index contributed by atoms with van der Waals surface area (Å²) in [4.78, 5) is 71.1. The van der Waals surface area contributed by atoms with Crippen LogP contribution in [0.4, 0.5) is 11.4 Å². The zero-order chi connectivity index (χ0) is 32.3. The molecule has 2 aliphatic carbocycles. The van der Waals surface area contributed by atoms with Crippen LogP contribution < -0.4 is 14.5 Å². The average molecular weight is 619 g/mol. The van der Waals surface area contributed by atoms with E-state index in [-0.39, 0.29) is 49.0 Å². The third kappa shape index (κ3) is 4.36. The second-order valence-electron chi connectivity index (χ2n) is 12.8. The van der Waals surface area contributed by atoms with Crippen molar-refractivity contribution >= 4 is 40.8 Å². The van der Waals surface area contributed by atoms with E-state index in [1.54, 1.807) is 60.7 Å². The second-order valence-corrected chi connectivity index (χ2v) is 12.8. The number of Topliss-reactive ketones (excluding diaryl/α,β-unsaturated/α-hetero) is 1. The number of nitrogens with zero attached hydrogens (tertiary/aromatic N) is 2. The number of benzene rings is 3. The minimum Gasteiger partial charge on any atom is -0.491 e. The van der Waals surface area contributed by atoms with E-state index < -0.39 is 35.0 Å². The molecule has 1 N–H and O–H groups in total. The fourth-order valence-electron chi connectivity index (χ4n) is 8.24. The number of ketones is 1. The molecule has 234 valence electrons. The number of hydrogen-bond donors (Lipinski definition) is 1. The lowest BCUT2D eigenvalue weighted by Gasteiger charge is -2.49. The van der Waals surface area contributed by atoms with E-state index >= 15 is 0 Å². The minimum atomic E-state index is -1.14. The van der Waals surface area contributed by atoms with Gasteiger partial charge in [0.05, 0.1) is 41.2 Å². The van der Waals surface area contributed by atoms with Crippen molar-refractivity contribution in [3.8, 4) is 5.75 Å². The number of hydrogen-bond acceptors (Lipinski definition) is 7. The van der Waals surface area contributed by atoms with Gasteiger partial charge >= 0.3 is 0 Å². The summed E-state index contributed by atoms with van der Waals surface area (Å²) in [5.74, 6) is -3.72. The van der Waals surface area contributed by atoms with Crippen LogP contribution >= 0.6 is 0 Å². The summed E-state index contributed by atoms with van der Waals surface area (Å²) < 4.78 is 5.59. The normalized spacial score (nSPS) is 28.5. The quantitative estimate of drug-likeness (QED) is 0.232. The van der Waals surface area contributed by atoms with Gasteiger partial charge in [-0.2, -0.15) is 0 Å². The van der Waals surface area contributed by atoms with E-state index in [1.165, 1.54) is 16.7 Å². The molecule has 2 heterocycles. The largest absolute Gasteiger partial charge is 0.491 e. The second kappa shape index (κ2) is 11.2. The van der Waals surface area contributed by atoms with Gasteiger partial charge in [0.2, 0.25) is 23.6 Å². The highest BCUT2D eigenvalue weighted by Crippen LogP contribution is 2.63. The summed E-state index contributed by atoms with van der Waals surface area (Å²) in [6.07, 6.45) is 2.62. The molecule has 6 atom stereocenters. The molecule has 2 aliphatic heterocycles. The van der Waals surface area contributed by atoms with E-state index in [0.29, 0.717) is 29.1 Å². The fraction of sp³-hybridized carbons (Fsp3) is 0.324. The number of imide groups is 2. The molecule has 4 amide bonds. The molecular formula is C37H34N2O7. The highest BCUT2D eigenvalue weighted by atomic mass is 16.5. The Labute approximate surface area is 266 Å². The van der Waals surface area contributed by atoms with Gasteiger partial charge in [-0.05, 0) is 86.7 Å². The number of amides is 4. The summed E-state index contributed by atoms with van der Waals surface area (Å²) in [5.41, 5.74) is 1.97. The van der Waals surface area contributed by atoms with E-state index in [9.17, 15) is 29.1 Å². The number of carbonyl (C=O) groups excluding carboxylic acids is 5. The van der Waals surface area contributed by atoms with Crippen molar-refractivity contribution in [2.24, 2.45) is 29.1 Å². The lowest BCUT2D eigenvalue weighted by Crippen LogP contribution is -2.48. The van der Waals surface area contributed by atoms with Gasteiger partial charge in [0, 0.05) is 11.5 Å². The number of para-hydroxylation sites is 1. The van der Waals surface area contributed by atoms with Crippen LogP contribution in [-0.2, 0) is 19.2 Å². The van der Waals surface area contributed by atoms with Crippen LogP contribution in [0.3, 0.4) is 0 Å². The SMILES string of the molecule is CC(=O)c1ccc(N2C(=O)C3CC=C4C(CC5C(=O)N(c6ccccc6)C(=O)C5(C)C4c4ccc(OCCO)cc4)C3C2=O)cc1. The highest BCUT2D eigenvalue weighted by molar-refractivity contribution is 6.25. The highest BCUT2D eigenvalue weighted by Gasteiger charge is 2.67. The average Bonchev–Trinajstić information content (AvgIpc) is 3.44. The Morgan fingerprint density at radius 1 is 0.848 bits per heavy atom. The predicted molar refractivity (Wildman–Crippen MR) is 169 cm³/mol. The topological polar surface area (TPSA) is 121 Å². The van der Waals surface area contributed by atoms with Gasteiger partial charge in [0.1, 0.15) is 12.4 Å². The number of aliphatic hydroxyl groups is 1. The summed E-state index contributed by atoms with van der Waals surface area (Å²) in [6.45, 7) is 3.33. The summed E-state index contributed by atoms with van der Waals surface area (Å²) in [6, 6.07) is 22.7. The lowest BCUT2D eigenvalue weighted by molar-refractivity contribution is -0.131. The Kier molecular flexibility index (Phi) is 7.24. The van der Waals surface area contributed by atoms with Gasteiger partial charge < -0.3 is 9.84 Å². The zero-order valence-corrected chi connectivity index (χ0v) is 25.6. The van der Waals surface area contributed by atoms with Crippen LogP contribution in [0, 0.1) is 29.1 Å². The van der Waals surface area contributed by atoms with Crippen molar-refractivity contribution < 1.29 is 33.8 Å². The molecule has 0 radical (unpaired) electrons. The molecule has 4 aliphatic rings. The van der Waals surface area contributed by atoms with Crippen molar-refractivity contribution in [3.05, 3.63) is 102 Å². The maximum Gasteiger partial charge on any atom is 0.241 e. The van der Waals surface area contributed by atoms with Crippen LogP contribution in [0.25, 0.3) is 0 Å². The number of anilines is 2. The molecule has 3 aromatic rings. The van der Waals surface area contributed by atoms with Gasteiger partial charge in [-0.15, -0.1) is 0 Å². The molecule has 7 rings (SSSR count). The van der Waals surface area contributed by atoms with Crippen molar-refractivity contribution in [2.75, 3.05) is 23.0 Å². The summed E-state index contributed by atoms with van der Waals surface area (Å²) >= 11 is 0. The molecule has 6 unspecified atom stereocenters. The molecule has 9 heteroatoms. The summed E-state index contributed by atoms with van der Waals surface area (Å²) in [7, 11) is 0. The number of carbonyl (C=O) groups is 5. The first-order valence-electron chi connectivity index (χ1n) is 15.6. The van der Waals surface area contributed by atoms with Crippen LogP contribution in [0.15, 0.2) is 90.5 Å². The lowest BCUT2D eigenvalue weighted by atomic mass is 9.51. The Morgan fingerprint density at radius 3 is 2.17 bits per heavy atom. The molecule has 2 saturated heterocycles. The maximum absolute atomic E-state index is 14.5. The molecule has 0 aromatic heterocycles. The maximum atomic E-state index is 14.5. The number of allylic oxidation sites excluding steroid dienone is 2. The Morgan fingerprint density at radius 2 is 1.52 bits per heavy atom. The van der Waals surface area contributed by atoms with E-state index in [2.05, 4.69) is 0 Å². The first-order chi connectivity index (χ1) is 22.2. The van der Waals surface area contributed by atoms with Crippen molar-refractivity contribution in [1.82, 2.24) is 0 Å². The van der Waals surface area contributed by atoms with Crippen molar-refractivity contribution in [3.63, 3.8) is 0 Å². The van der Waals surface area contributed by atoms with Crippen molar-refractivity contribution in [1.29, 1.82) is 0 Å². The van der Waals surface area contributed by atoms with Crippen LogP contribution in [0.5, 0.6) is 5.75 Å². The first-order valence-corrected chi connectivity index (χ1v) is 15.6. The van der Waals surface area contributed by atoms with Crippen molar-refractivity contribution in [2.45, 2.75) is 32.6 Å². The molecule has 0 spiro atoms. The summed E-state index contributed by atoms with van der Waals surface area (Å²) in [5, 5.41) is 9.19. The number of fused-ring (bicyclic) bond motifs is 4. The van der Waals surface area contributed by atoms with Gasteiger partial charge in [-0.25, -0.2) is 4.90 Å². The Bertz CT molecular complexity index is 1780.